The second kappa shape index (κ2) is 14.2. The molecule has 2 rings (SSSR count). The van der Waals surface area contributed by atoms with Crippen LogP contribution in [-0.4, -0.2) is 51.0 Å². The first-order valence-electron chi connectivity index (χ1n) is 9.56. The predicted octanol–water partition coefficient (Wildman–Crippen LogP) is 3.38. The average Bonchev–Trinajstić information content (AvgIpc) is 3.14. The second-order valence-corrected chi connectivity index (χ2v) is 6.54. The van der Waals surface area contributed by atoms with Crippen molar-refractivity contribution in [1.29, 1.82) is 0 Å². The van der Waals surface area contributed by atoms with E-state index in [0.29, 0.717) is 25.8 Å². The van der Waals surface area contributed by atoms with Gasteiger partial charge in [0, 0.05) is 19.2 Å². The first kappa shape index (κ1) is 23.2. The fraction of sp³-hybridized carbons (Fsp3) is 0.650. The molecule has 6 heteroatoms. The fourth-order valence-electron chi connectivity index (χ4n) is 2.87. The number of halogens is 1. The maximum absolute atomic E-state index is 5.67. The van der Waals surface area contributed by atoms with E-state index in [1.165, 1.54) is 5.56 Å². The molecule has 1 aromatic rings. The van der Waals surface area contributed by atoms with Crippen molar-refractivity contribution in [3.8, 4) is 0 Å². The van der Waals surface area contributed by atoms with Crippen LogP contribution in [0.5, 0.6) is 0 Å². The van der Waals surface area contributed by atoms with Crippen molar-refractivity contribution in [3.63, 3.8) is 0 Å². The number of aliphatic imine (C=N–C) groups is 1. The molecule has 1 aliphatic rings. The van der Waals surface area contributed by atoms with Crippen molar-refractivity contribution in [2.45, 2.75) is 51.7 Å². The van der Waals surface area contributed by atoms with Crippen LogP contribution in [0.2, 0.25) is 0 Å². The minimum atomic E-state index is 0. The molecule has 2 atom stereocenters. The Bertz CT molecular complexity index is 493. The van der Waals surface area contributed by atoms with Gasteiger partial charge in [0.25, 0.3) is 0 Å². The molecule has 1 aromatic carbocycles. The molecule has 0 spiro atoms. The molecule has 5 nitrogen and oxygen atoms in total. The highest BCUT2D eigenvalue weighted by Crippen LogP contribution is 2.11. The number of ether oxygens (including phenoxy) is 2. The van der Waals surface area contributed by atoms with Gasteiger partial charge in [0.05, 0.1) is 25.9 Å². The molecule has 0 radical (unpaired) electrons. The van der Waals surface area contributed by atoms with Crippen LogP contribution in [0.1, 0.15) is 38.7 Å². The number of hydrogen-bond donors (Lipinski definition) is 2. The Balaban J connectivity index is 0.00000338. The van der Waals surface area contributed by atoms with Gasteiger partial charge in [0.2, 0.25) is 0 Å². The van der Waals surface area contributed by atoms with Crippen molar-refractivity contribution in [3.05, 3.63) is 35.9 Å². The van der Waals surface area contributed by atoms with Crippen LogP contribution in [0.25, 0.3) is 0 Å². The van der Waals surface area contributed by atoms with Crippen molar-refractivity contribution in [2.75, 3.05) is 32.9 Å². The van der Waals surface area contributed by atoms with E-state index < -0.39 is 0 Å². The summed E-state index contributed by atoms with van der Waals surface area (Å²) in [4.78, 5) is 4.60. The molecule has 1 heterocycles. The van der Waals surface area contributed by atoms with Crippen molar-refractivity contribution >= 4 is 29.9 Å². The Morgan fingerprint density at radius 1 is 1.35 bits per heavy atom. The first-order valence-corrected chi connectivity index (χ1v) is 9.56. The second-order valence-electron chi connectivity index (χ2n) is 6.54. The molecule has 2 unspecified atom stereocenters. The summed E-state index contributed by atoms with van der Waals surface area (Å²) >= 11 is 0. The van der Waals surface area contributed by atoms with Crippen molar-refractivity contribution in [1.82, 2.24) is 10.6 Å². The van der Waals surface area contributed by atoms with E-state index in [0.717, 1.165) is 44.8 Å². The summed E-state index contributed by atoms with van der Waals surface area (Å²) in [7, 11) is 0. The van der Waals surface area contributed by atoms with Crippen molar-refractivity contribution in [2.24, 2.45) is 4.99 Å². The fourth-order valence-corrected chi connectivity index (χ4v) is 2.87. The molecule has 0 aromatic heterocycles. The van der Waals surface area contributed by atoms with Gasteiger partial charge in [-0.15, -0.1) is 24.0 Å². The van der Waals surface area contributed by atoms with Crippen LogP contribution in [0.15, 0.2) is 35.3 Å². The van der Waals surface area contributed by atoms with Gasteiger partial charge in [-0.05, 0) is 45.1 Å². The lowest BCUT2D eigenvalue weighted by Crippen LogP contribution is -2.42. The minimum absolute atomic E-state index is 0. The molecule has 0 bridgehead atoms. The quantitative estimate of drug-likeness (QED) is 0.236. The Hall–Kier alpha value is -0.860. The Kier molecular flexibility index (Phi) is 12.7. The molecule has 0 saturated carbocycles. The normalized spacial score (nSPS) is 18.2. The predicted molar refractivity (Wildman–Crippen MR) is 119 cm³/mol. The number of nitrogens with one attached hydrogen (secondary N) is 2. The van der Waals surface area contributed by atoms with Crippen LogP contribution < -0.4 is 10.6 Å². The zero-order chi connectivity index (χ0) is 17.7. The highest BCUT2D eigenvalue weighted by molar-refractivity contribution is 14.0. The standard InChI is InChI=1S/C20H33N3O2.HI/c1-3-21-20(22-13-15-24-16-19-10-7-14-25-19)23-17(2)11-12-18-8-5-4-6-9-18;/h4-6,8-9,17,19H,3,7,10-16H2,1-2H3,(H2,21,22,23);1H. The summed E-state index contributed by atoms with van der Waals surface area (Å²) in [6, 6.07) is 11.0. The Morgan fingerprint density at radius 2 is 2.15 bits per heavy atom. The Labute approximate surface area is 175 Å². The van der Waals surface area contributed by atoms with Crippen LogP contribution in [0, 0.1) is 0 Å². The van der Waals surface area contributed by atoms with E-state index in [2.05, 4.69) is 59.8 Å². The van der Waals surface area contributed by atoms with Crippen LogP contribution in [-0.2, 0) is 15.9 Å². The van der Waals surface area contributed by atoms with Gasteiger partial charge in [-0.25, -0.2) is 0 Å². The van der Waals surface area contributed by atoms with Gasteiger partial charge in [0.1, 0.15) is 0 Å². The lowest BCUT2D eigenvalue weighted by atomic mass is 10.1. The number of benzene rings is 1. The minimum Gasteiger partial charge on any atom is -0.377 e. The molecule has 0 aliphatic carbocycles. The summed E-state index contributed by atoms with van der Waals surface area (Å²) in [6.45, 7) is 7.99. The van der Waals surface area contributed by atoms with Gasteiger partial charge in [-0.3, -0.25) is 4.99 Å². The lowest BCUT2D eigenvalue weighted by molar-refractivity contribution is 0.0200. The monoisotopic (exact) mass is 475 g/mol. The molecular formula is C20H34IN3O2. The van der Waals surface area contributed by atoms with Gasteiger partial charge in [0.15, 0.2) is 5.96 Å². The summed E-state index contributed by atoms with van der Waals surface area (Å²) < 4.78 is 11.2. The topological polar surface area (TPSA) is 54.9 Å². The SMILES string of the molecule is CCNC(=NCCOCC1CCCO1)NC(C)CCc1ccccc1.I. The van der Waals surface area contributed by atoms with Crippen LogP contribution in [0.3, 0.4) is 0 Å². The molecule has 148 valence electrons. The highest BCUT2D eigenvalue weighted by Gasteiger charge is 2.14. The number of guanidine groups is 1. The van der Waals surface area contributed by atoms with E-state index in [9.17, 15) is 0 Å². The van der Waals surface area contributed by atoms with E-state index in [1.807, 2.05) is 0 Å². The van der Waals surface area contributed by atoms with E-state index in [1.54, 1.807) is 0 Å². The smallest absolute Gasteiger partial charge is 0.191 e. The molecule has 1 aliphatic heterocycles. The molecule has 1 fully saturated rings. The van der Waals surface area contributed by atoms with Crippen molar-refractivity contribution < 1.29 is 9.47 Å². The molecule has 2 N–H and O–H groups in total. The number of hydrogen-bond acceptors (Lipinski definition) is 3. The van der Waals surface area contributed by atoms with Gasteiger partial charge in [-0.1, -0.05) is 30.3 Å². The van der Waals surface area contributed by atoms with E-state index in [-0.39, 0.29) is 30.1 Å². The number of nitrogens with zero attached hydrogens (tertiary/aromatic N) is 1. The lowest BCUT2D eigenvalue weighted by Gasteiger charge is -2.18. The van der Waals surface area contributed by atoms with E-state index in [4.69, 9.17) is 9.47 Å². The van der Waals surface area contributed by atoms with Gasteiger partial charge >= 0.3 is 0 Å². The molecular weight excluding hydrogens is 441 g/mol. The third-order valence-corrected chi connectivity index (χ3v) is 4.27. The summed E-state index contributed by atoms with van der Waals surface area (Å²) in [5.41, 5.74) is 1.38. The average molecular weight is 475 g/mol. The maximum Gasteiger partial charge on any atom is 0.191 e. The molecule has 0 amide bonds. The number of aryl methyl sites for hydroxylation is 1. The van der Waals surface area contributed by atoms with E-state index >= 15 is 0 Å². The Morgan fingerprint density at radius 3 is 2.85 bits per heavy atom. The third kappa shape index (κ3) is 9.73. The largest absolute Gasteiger partial charge is 0.377 e. The molecule has 26 heavy (non-hydrogen) atoms. The summed E-state index contributed by atoms with van der Waals surface area (Å²) in [6.07, 6.45) is 4.70. The first-order chi connectivity index (χ1) is 12.3. The van der Waals surface area contributed by atoms with Crippen LogP contribution >= 0.6 is 24.0 Å². The number of rotatable bonds is 10. The summed E-state index contributed by atoms with van der Waals surface area (Å²) in [5, 5.41) is 6.78. The maximum atomic E-state index is 5.67. The third-order valence-electron chi connectivity index (χ3n) is 4.27. The van der Waals surface area contributed by atoms with Gasteiger partial charge in [-0.2, -0.15) is 0 Å². The highest BCUT2D eigenvalue weighted by atomic mass is 127. The summed E-state index contributed by atoms with van der Waals surface area (Å²) in [5.74, 6) is 0.865. The van der Waals surface area contributed by atoms with Gasteiger partial charge < -0.3 is 20.1 Å². The van der Waals surface area contributed by atoms with Crippen LogP contribution in [0.4, 0.5) is 0 Å². The zero-order valence-corrected chi connectivity index (χ0v) is 18.4. The zero-order valence-electron chi connectivity index (χ0n) is 16.1. The molecule has 1 saturated heterocycles.